The summed E-state index contributed by atoms with van der Waals surface area (Å²) >= 11 is 0. The van der Waals surface area contributed by atoms with Crippen molar-refractivity contribution in [2.45, 2.75) is 157 Å². The maximum absolute atomic E-state index is 10.0. The highest BCUT2D eigenvalue weighted by Crippen LogP contribution is 2.40. The molecule has 0 heterocycles. The summed E-state index contributed by atoms with van der Waals surface area (Å²) in [7, 11) is 0. The number of rotatable bonds is 20. The van der Waals surface area contributed by atoms with Gasteiger partial charge in [-0.05, 0) is 89.5 Å². The predicted octanol–water partition coefficient (Wildman–Crippen LogP) is 11.9. The van der Waals surface area contributed by atoms with Gasteiger partial charge in [-0.15, -0.1) is 0 Å². The first-order chi connectivity index (χ1) is 18.3. The molecule has 1 nitrogen and oxygen atoms in total. The van der Waals surface area contributed by atoms with Gasteiger partial charge in [0.25, 0.3) is 0 Å². The third kappa shape index (κ3) is 17.1. The molecule has 0 aromatic carbocycles. The van der Waals surface area contributed by atoms with E-state index in [4.69, 9.17) is 0 Å². The van der Waals surface area contributed by atoms with Gasteiger partial charge in [-0.1, -0.05) is 137 Å². The Morgan fingerprint density at radius 1 is 0.868 bits per heavy atom. The van der Waals surface area contributed by atoms with Crippen LogP contribution in [0.15, 0.2) is 70.9 Å². The zero-order chi connectivity index (χ0) is 28.1. The highest BCUT2D eigenvalue weighted by atomic mass is 16.3. The van der Waals surface area contributed by atoms with E-state index in [-0.39, 0.29) is 6.10 Å². The molecule has 1 aliphatic rings. The second-order valence-electron chi connectivity index (χ2n) is 12.4. The monoisotopic (exact) mass is 522 g/mol. The van der Waals surface area contributed by atoms with Crippen LogP contribution in [0, 0.1) is 5.41 Å². The normalized spacial score (nSPS) is 18.0. The van der Waals surface area contributed by atoms with Gasteiger partial charge in [0, 0.05) is 0 Å². The van der Waals surface area contributed by atoms with Crippen molar-refractivity contribution >= 4 is 0 Å². The lowest BCUT2D eigenvalue weighted by atomic mass is 9.72. The van der Waals surface area contributed by atoms with Crippen molar-refractivity contribution in [1.82, 2.24) is 0 Å². The molecular weight excluding hydrogens is 460 g/mol. The number of aliphatic hydroxyl groups is 1. The van der Waals surface area contributed by atoms with Gasteiger partial charge >= 0.3 is 0 Å². The Labute approximate surface area is 238 Å². The fraction of sp³-hybridized carbons (Fsp3) is 0.676. The molecule has 1 heteroatoms. The summed E-state index contributed by atoms with van der Waals surface area (Å²) in [5.41, 5.74) is 6.08. The van der Waals surface area contributed by atoms with Gasteiger partial charge in [0.2, 0.25) is 0 Å². The molecule has 38 heavy (non-hydrogen) atoms. The number of allylic oxidation sites excluding steroid dienone is 11. The molecule has 1 unspecified atom stereocenters. The average Bonchev–Trinajstić information content (AvgIpc) is 2.86. The molecule has 0 spiro atoms. The van der Waals surface area contributed by atoms with E-state index < -0.39 is 0 Å². The van der Waals surface area contributed by atoms with Crippen molar-refractivity contribution in [2.75, 3.05) is 0 Å². The molecule has 0 saturated carbocycles. The Kier molecular flexibility index (Phi) is 19.3. The van der Waals surface area contributed by atoms with Gasteiger partial charge in [-0.25, -0.2) is 0 Å². The molecule has 0 fully saturated rings. The standard InChI is InChI=1S/C37H62O/c1-7-8-9-19-27-35(38)28-20-17-15-13-11-10-12-14-16-18-23-32(2)24-21-25-33(3)29-30-36-34(4)26-22-31-37(36,5)6/h17,20-21,23-25,29-30,35,38H,7-16,18-19,22,26-28,31H2,1-6H3. The molecule has 0 radical (unpaired) electrons. The molecule has 1 rings (SSSR count). The van der Waals surface area contributed by atoms with E-state index in [9.17, 15) is 5.11 Å². The first kappa shape index (κ1) is 34.4. The molecule has 1 N–H and O–H groups in total. The van der Waals surface area contributed by atoms with E-state index in [1.807, 2.05) is 0 Å². The Hall–Kier alpha value is -1.60. The fourth-order valence-corrected chi connectivity index (χ4v) is 5.44. The first-order valence-corrected chi connectivity index (χ1v) is 16.0. The summed E-state index contributed by atoms with van der Waals surface area (Å²) in [6.45, 7) is 13.7. The lowest BCUT2D eigenvalue weighted by molar-refractivity contribution is 0.163. The van der Waals surface area contributed by atoms with E-state index in [2.05, 4.69) is 90.2 Å². The van der Waals surface area contributed by atoms with Crippen molar-refractivity contribution < 1.29 is 5.11 Å². The van der Waals surface area contributed by atoms with Crippen LogP contribution in [0.25, 0.3) is 0 Å². The van der Waals surface area contributed by atoms with Crippen molar-refractivity contribution in [3.63, 3.8) is 0 Å². The quantitative estimate of drug-likeness (QED) is 0.0957. The predicted molar refractivity (Wildman–Crippen MR) is 172 cm³/mol. The van der Waals surface area contributed by atoms with E-state index in [1.165, 1.54) is 107 Å². The van der Waals surface area contributed by atoms with E-state index in [0.717, 1.165) is 19.3 Å². The largest absolute Gasteiger partial charge is 0.393 e. The van der Waals surface area contributed by atoms with Gasteiger partial charge in [-0.2, -0.15) is 0 Å². The lowest BCUT2D eigenvalue weighted by Crippen LogP contribution is -2.19. The van der Waals surface area contributed by atoms with Crippen molar-refractivity contribution in [2.24, 2.45) is 5.41 Å². The number of hydrogen-bond acceptors (Lipinski definition) is 1. The Morgan fingerprint density at radius 2 is 1.55 bits per heavy atom. The SMILES string of the molecule is CCCCCCC(O)CC=CCCCCCCCCC=C(C)C=CC=C(C)C=CC1=C(C)CCCC1(C)C. The van der Waals surface area contributed by atoms with Crippen molar-refractivity contribution in [3.8, 4) is 0 Å². The highest BCUT2D eigenvalue weighted by molar-refractivity contribution is 5.37. The number of unbranched alkanes of at least 4 members (excludes halogenated alkanes) is 10. The van der Waals surface area contributed by atoms with E-state index >= 15 is 0 Å². The molecule has 1 atom stereocenters. The van der Waals surface area contributed by atoms with Crippen LogP contribution in [0.4, 0.5) is 0 Å². The molecule has 0 aromatic heterocycles. The third-order valence-corrected chi connectivity index (χ3v) is 8.03. The average molecular weight is 523 g/mol. The number of hydrogen-bond donors (Lipinski definition) is 1. The lowest BCUT2D eigenvalue weighted by Gasteiger charge is -2.32. The zero-order valence-electron chi connectivity index (χ0n) is 26.2. The Morgan fingerprint density at radius 3 is 2.26 bits per heavy atom. The second-order valence-corrected chi connectivity index (χ2v) is 12.4. The van der Waals surface area contributed by atoms with Crippen molar-refractivity contribution in [3.05, 3.63) is 70.9 Å². The summed E-state index contributed by atoms with van der Waals surface area (Å²) in [4.78, 5) is 0. The van der Waals surface area contributed by atoms with Crippen LogP contribution in [0.5, 0.6) is 0 Å². The molecule has 0 aliphatic heterocycles. The summed E-state index contributed by atoms with van der Waals surface area (Å²) in [5.74, 6) is 0. The molecule has 0 bridgehead atoms. The molecule has 0 amide bonds. The van der Waals surface area contributed by atoms with Gasteiger partial charge in [0.15, 0.2) is 0 Å². The van der Waals surface area contributed by atoms with Crippen LogP contribution in [0.2, 0.25) is 0 Å². The molecule has 0 aromatic rings. The zero-order valence-corrected chi connectivity index (χ0v) is 26.2. The van der Waals surface area contributed by atoms with Gasteiger partial charge in [0.1, 0.15) is 0 Å². The summed E-state index contributed by atoms with van der Waals surface area (Å²) in [6, 6.07) is 0. The topological polar surface area (TPSA) is 20.2 Å². The minimum atomic E-state index is -0.139. The van der Waals surface area contributed by atoms with Crippen molar-refractivity contribution in [1.29, 1.82) is 0 Å². The minimum Gasteiger partial charge on any atom is -0.393 e. The van der Waals surface area contributed by atoms with Crippen LogP contribution < -0.4 is 0 Å². The first-order valence-electron chi connectivity index (χ1n) is 16.0. The highest BCUT2D eigenvalue weighted by Gasteiger charge is 2.26. The third-order valence-electron chi connectivity index (χ3n) is 8.03. The minimum absolute atomic E-state index is 0.139. The Bertz CT molecular complexity index is 799. The molecule has 216 valence electrons. The molecular formula is C37H62O. The van der Waals surface area contributed by atoms with Crippen LogP contribution in [0.1, 0.15) is 151 Å². The van der Waals surface area contributed by atoms with E-state index in [1.54, 1.807) is 5.57 Å². The summed E-state index contributed by atoms with van der Waals surface area (Å²) < 4.78 is 0. The fourth-order valence-electron chi connectivity index (χ4n) is 5.44. The van der Waals surface area contributed by atoms with Gasteiger partial charge in [0.05, 0.1) is 6.10 Å². The number of aliphatic hydroxyl groups excluding tert-OH is 1. The maximum Gasteiger partial charge on any atom is 0.0574 e. The van der Waals surface area contributed by atoms with Gasteiger partial charge in [-0.3, -0.25) is 0 Å². The van der Waals surface area contributed by atoms with Crippen LogP contribution in [-0.2, 0) is 0 Å². The summed E-state index contributed by atoms with van der Waals surface area (Å²) in [6.07, 6.45) is 39.0. The smallest absolute Gasteiger partial charge is 0.0574 e. The van der Waals surface area contributed by atoms with Crippen LogP contribution >= 0.6 is 0 Å². The maximum atomic E-state index is 10.0. The van der Waals surface area contributed by atoms with E-state index in [0.29, 0.717) is 5.41 Å². The second kappa shape index (κ2) is 21.2. The van der Waals surface area contributed by atoms with Crippen LogP contribution in [-0.4, -0.2) is 11.2 Å². The molecule has 0 saturated heterocycles. The molecule has 1 aliphatic carbocycles. The summed E-state index contributed by atoms with van der Waals surface area (Å²) in [5, 5.41) is 10.0. The van der Waals surface area contributed by atoms with Crippen LogP contribution in [0.3, 0.4) is 0 Å². The Balaban J connectivity index is 2.11. The van der Waals surface area contributed by atoms with Gasteiger partial charge < -0.3 is 5.11 Å².